The third-order valence-electron chi connectivity index (χ3n) is 4.09. The molecular weight excluding hydrogens is 408 g/mol. The van der Waals surface area contributed by atoms with Crippen LogP contribution in [-0.4, -0.2) is 30.7 Å². The Morgan fingerprint density at radius 2 is 1.73 bits per heavy atom. The van der Waals surface area contributed by atoms with Crippen LogP contribution in [0, 0.1) is 0 Å². The molecule has 1 aromatic heterocycles. The molecule has 156 valence electrons. The Morgan fingerprint density at radius 3 is 2.33 bits per heavy atom. The van der Waals surface area contributed by atoms with Crippen LogP contribution in [0.1, 0.15) is 6.92 Å². The van der Waals surface area contributed by atoms with Gasteiger partial charge >= 0.3 is 0 Å². The average Bonchev–Trinajstić information content (AvgIpc) is 2.70. The summed E-state index contributed by atoms with van der Waals surface area (Å²) in [6.07, 6.45) is 0. The summed E-state index contributed by atoms with van der Waals surface area (Å²) in [4.78, 5) is 24.3. The minimum absolute atomic E-state index is 0.0681. The number of nitrogens with one attached hydrogen (secondary N) is 1. The number of carbonyl (C=O) groups excluding carboxylic acids is 1. The molecule has 3 N–H and O–H groups in total. The largest absolute Gasteiger partial charge is 0.494 e. The number of rotatable bonds is 7. The number of aromatic nitrogens is 2. The maximum Gasteiger partial charge on any atom is 0.267 e. The van der Waals surface area contributed by atoms with Gasteiger partial charge in [0.2, 0.25) is 15.9 Å². The van der Waals surface area contributed by atoms with Crippen LogP contribution in [0.4, 0.5) is 5.69 Å². The smallest absolute Gasteiger partial charge is 0.267 e. The molecule has 10 heteroatoms. The van der Waals surface area contributed by atoms with Crippen molar-refractivity contribution in [3.63, 3.8) is 0 Å². The van der Waals surface area contributed by atoms with Crippen molar-refractivity contribution in [2.24, 2.45) is 5.14 Å². The van der Waals surface area contributed by atoms with Gasteiger partial charge in [0.05, 0.1) is 17.2 Å². The fourth-order valence-corrected chi connectivity index (χ4v) is 3.18. The summed E-state index contributed by atoms with van der Waals surface area (Å²) in [6.45, 7) is 2.15. The number of nitrogens with two attached hydrogens (primary N) is 1. The number of nitrogens with zero attached hydrogens (tertiary/aromatic N) is 2. The topological polar surface area (TPSA) is 133 Å². The standard InChI is InChI=1S/C20H20N4O5S/c1-2-29-16-7-3-14(4-8-16)18-11-12-20(26)24(23-18)13-19(25)22-15-5-9-17(10-6-15)30(21,27)28/h3-12H,2,13H2,1H3,(H,22,25)(H2,21,27,28). The molecule has 0 fully saturated rings. The summed E-state index contributed by atoms with van der Waals surface area (Å²) >= 11 is 0. The normalized spacial score (nSPS) is 11.1. The molecule has 30 heavy (non-hydrogen) atoms. The van der Waals surface area contributed by atoms with Crippen molar-refractivity contribution in [1.82, 2.24) is 9.78 Å². The van der Waals surface area contributed by atoms with Gasteiger partial charge in [-0.15, -0.1) is 0 Å². The number of sulfonamides is 1. The number of carbonyl (C=O) groups is 1. The third kappa shape index (κ3) is 5.31. The van der Waals surface area contributed by atoms with Crippen LogP contribution in [0.2, 0.25) is 0 Å². The van der Waals surface area contributed by atoms with Crippen LogP contribution in [-0.2, 0) is 21.4 Å². The van der Waals surface area contributed by atoms with E-state index in [0.29, 0.717) is 18.0 Å². The molecule has 0 aliphatic heterocycles. The number of amides is 1. The van der Waals surface area contributed by atoms with E-state index in [4.69, 9.17) is 9.88 Å². The lowest BCUT2D eigenvalue weighted by Gasteiger charge is -2.09. The van der Waals surface area contributed by atoms with Crippen molar-refractivity contribution in [1.29, 1.82) is 0 Å². The molecule has 3 aromatic rings. The number of benzene rings is 2. The van der Waals surface area contributed by atoms with Crippen LogP contribution in [0.5, 0.6) is 5.75 Å². The van der Waals surface area contributed by atoms with Crippen molar-refractivity contribution in [2.75, 3.05) is 11.9 Å². The van der Waals surface area contributed by atoms with Crippen molar-refractivity contribution in [3.05, 3.63) is 71.0 Å². The zero-order chi connectivity index (χ0) is 21.7. The molecule has 9 nitrogen and oxygen atoms in total. The summed E-state index contributed by atoms with van der Waals surface area (Å²) in [5.41, 5.74) is 1.24. The Hall–Kier alpha value is -3.50. The quantitative estimate of drug-likeness (QED) is 0.587. The van der Waals surface area contributed by atoms with Crippen molar-refractivity contribution < 1.29 is 17.9 Å². The lowest BCUT2D eigenvalue weighted by atomic mass is 10.1. The van der Waals surface area contributed by atoms with Crippen LogP contribution >= 0.6 is 0 Å². The van der Waals surface area contributed by atoms with Crippen molar-refractivity contribution >= 4 is 21.6 Å². The summed E-state index contributed by atoms with van der Waals surface area (Å²) in [6, 6.07) is 15.5. The minimum Gasteiger partial charge on any atom is -0.494 e. The highest BCUT2D eigenvalue weighted by Gasteiger charge is 2.11. The van der Waals surface area contributed by atoms with Gasteiger partial charge in [-0.3, -0.25) is 9.59 Å². The highest BCUT2D eigenvalue weighted by atomic mass is 32.2. The lowest BCUT2D eigenvalue weighted by molar-refractivity contribution is -0.117. The first-order valence-corrected chi connectivity index (χ1v) is 10.5. The molecule has 0 spiro atoms. The first-order valence-electron chi connectivity index (χ1n) is 9.00. The van der Waals surface area contributed by atoms with Crippen LogP contribution in [0.25, 0.3) is 11.3 Å². The summed E-state index contributed by atoms with van der Waals surface area (Å²) in [5, 5.41) is 11.9. The first-order chi connectivity index (χ1) is 14.3. The van der Waals surface area contributed by atoms with Gasteiger partial charge < -0.3 is 10.1 Å². The SMILES string of the molecule is CCOc1ccc(-c2ccc(=O)n(CC(=O)Nc3ccc(S(N)(=O)=O)cc3)n2)cc1. The second-order valence-corrected chi connectivity index (χ2v) is 7.85. The minimum atomic E-state index is -3.82. The molecule has 0 aliphatic carbocycles. The molecule has 1 heterocycles. The summed E-state index contributed by atoms with van der Waals surface area (Å²) < 4.78 is 29.0. The zero-order valence-electron chi connectivity index (χ0n) is 16.1. The van der Waals surface area contributed by atoms with E-state index in [0.717, 1.165) is 16.0 Å². The molecule has 3 rings (SSSR count). The molecule has 0 unspecified atom stereocenters. The van der Waals surface area contributed by atoms with Crippen LogP contribution in [0.3, 0.4) is 0 Å². The van der Waals surface area contributed by atoms with E-state index in [-0.39, 0.29) is 11.4 Å². The first kappa shape index (κ1) is 21.2. The Kier molecular flexibility index (Phi) is 6.28. The molecular formula is C20H20N4O5S. The van der Waals surface area contributed by atoms with Crippen LogP contribution in [0.15, 0.2) is 70.4 Å². The van der Waals surface area contributed by atoms with Gasteiger partial charge in [-0.25, -0.2) is 18.2 Å². The maximum atomic E-state index is 12.3. The molecule has 1 amide bonds. The Balaban J connectivity index is 1.73. The molecule has 0 aliphatic rings. The fourth-order valence-electron chi connectivity index (χ4n) is 2.67. The van der Waals surface area contributed by atoms with Gasteiger partial charge in [0.1, 0.15) is 12.3 Å². The van der Waals surface area contributed by atoms with E-state index in [1.54, 1.807) is 18.2 Å². The van der Waals surface area contributed by atoms with E-state index in [2.05, 4.69) is 10.4 Å². The van der Waals surface area contributed by atoms with Gasteiger partial charge in [0.25, 0.3) is 5.56 Å². The Morgan fingerprint density at radius 1 is 1.07 bits per heavy atom. The lowest BCUT2D eigenvalue weighted by Crippen LogP contribution is -2.29. The molecule has 0 saturated carbocycles. The Bertz CT molecular complexity index is 1200. The van der Waals surface area contributed by atoms with E-state index in [1.165, 1.54) is 30.3 Å². The molecule has 0 radical (unpaired) electrons. The predicted octanol–water partition coefficient (Wildman–Crippen LogP) is 1.60. The summed E-state index contributed by atoms with van der Waals surface area (Å²) in [5.74, 6) is 0.235. The molecule has 0 bridgehead atoms. The number of hydrogen-bond acceptors (Lipinski definition) is 6. The third-order valence-corrected chi connectivity index (χ3v) is 5.02. The van der Waals surface area contributed by atoms with Gasteiger partial charge in [0.15, 0.2) is 0 Å². The summed E-state index contributed by atoms with van der Waals surface area (Å²) in [7, 11) is -3.82. The van der Waals surface area contributed by atoms with Crippen molar-refractivity contribution in [2.45, 2.75) is 18.4 Å². The molecule has 0 saturated heterocycles. The monoisotopic (exact) mass is 428 g/mol. The highest BCUT2D eigenvalue weighted by Crippen LogP contribution is 2.20. The van der Waals surface area contributed by atoms with E-state index in [9.17, 15) is 18.0 Å². The number of anilines is 1. The van der Waals surface area contributed by atoms with Crippen molar-refractivity contribution in [3.8, 4) is 17.0 Å². The average molecular weight is 428 g/mol. The number of ether oxygens (including phenoxy) is 1. The van der Waals surface area contributed by atoms with Gasteiger partial charge in [-0.1, -0.05) is 0 Å². The van der Waals surface area contributed by atoms with Gasteiger partial charge in [0, 0.05) is 17.3 Å². The second-order valence-electron chi connectivity index (χ2n) is 6.29. The fraction of sp³-hybridized carbons (Fsp3) is 0.150. The van der Waals surface area contributed by atoms with Gasteiger partial charge in [-0.05, 0) is 61.5 Å². The predicted molar refractivity (Wildman–Crippen MR) is 112 cm³/mol. The van der Waals surface area contributed by atoms with E-state index in [1.807, 2.05) is 19.1 Å². The maximum absolute atomic E-state index is 12.3. The van der Waals surface area contributed by atoms with E-state index >= 15 is 0 Å². The zero-order valence-corrected chi connectivity index (χ0v) is 16.9. The highest BCUT2D eigenvalue weighted by molar-refractivity contribution is 7.89. The second kappa shape index (κ2) is 8.89. The molecule has 0 atom stereocenters. The van der Waals surface area contributed by atoms with Gasteiger partial charge in [-0.2, -0.15) is 5.10 Å². The number of primary sulfonamides is 1. The number of hydrogen-bond donors (Lipinski definition) is 2. The molecule has 2 aromatic carbocycles. The van der Waals surface area contributed by atoms with Crippen LogP contribution < -0.4 is 20.8 Å². The Labute approximate surface area is 173 Å². The van der Waals surface area contributed by atoms with E-state index < -0.39 is 21.5 Å².